The van der Waals surface area contributed by atoms with Gasteiger partial charge in [0.15, 0.2) is 0 Å². The molecule has 2 nitrogen and oxygen atoms in total. The summed E-state index contributed by atoms with van der Waals surface area (Å²) in [6.45, 7) is 9.13. The third-order valence-corrected chi connectivity index (χ3v) is 3.32. The van der Waals surface area contributed by atoms with Crippen molar-refractivity contribution in [3.8, 4) is 0 Å². The van der Waals surface area contributed by atoms with E-state index < -0.39 is 0 Å². The summed E-state index contributed by atoms with van der Waals surface area (Å²) < 4.78 is 0. The Kier molecular flexibility index (Phi) is 2.92. The fraction of sp³-hybridized carbons (Fsp3) is 0.667. The van der Waals surface area contributed by atoms with Crippen molar-refractivity contribution < 1.29 is 0 Å². The van der Waals surface area contributed by atoms with E-state index in [9.17, 15) is 0 Å². The van der Waals surface area contributed by atoms with Gasteiger partial charge in [-0.1, -0.05) is 26.0 Å². The third kappa shape index (κ3) is 2.01. The van der Waals surface area contributed by atoms with E-state index in [1.807, 2.05) is 0 Å². The number of hydrogen-bond donors (Lipinski definition) is 1. The third-order valence-electron chi connectivity index (χ3n) is 3.32. The van der Waals surface area contributed by atoms with Crippen molar-refractivity contribution in [2.75, 3.05) is 26.2 Å². The Morgan fingerprint density at radius 3 is 2.57 bits per heavy atom. The van der Waals surface area contributed by atoms with E-state index in [-0.39, 0.29) is 0 Å². The molecule has 0 saturated carbocycles. The second-order valence-electron chi connectivity index (χ2n) is 4.41. The first-order valence-electron chi connectivity index (χ1n) is 5.63. The van der Waals surface area contributed by atoms with Gasteiger partial charge in [0.1, 0.15) is 0 Å². The van der Waals surface area contributed by atoms with Gasteiger partial charge in [-0.2, -0.15) is 0 Å². The van der Waals surface area contributed by atoms with Crippen molar-refractivity contribution in [1.82, 2.24) is 10.2 Å². The van der Waals surface area contributed by atoms with Crippen LogP contribution in [-0.2, 0) is 0 Å². The summed E-state index contributed by atoms with van der Waals surface area (Å²) >= 11 is 0. The van der Waals surface area contributed by atoms with Crippen molar-refractivity contribution in [2.45, 2.75) is 13.8 Å². The molecule has 1 fully saturated rings. The second-order valence-corrected chi connectivity index (χ2v) is 4.41. The molecule has 0 radical (unpaired) electrons. The van der Waals surface area contributed by atoms with Crippen LogP contribution >= 0.6 is 0 Å². The van der Waals surface area contributed by atoms with Gasteiger partial charge in [-0.05, 0) is 17.9 Å². The van der Waals surface area contributed by atoms with Crippen LogP contribution in [0.1, 0.15) is 13.8 Å². The Bertz CT molecular complexity index is 249. The summed E-state index contributed by atoms with van der Waals surface area (Å²) in [6.07, 6.45) is 7.04. The number of rotatable bonds is 1. The zero-order valence-electron chi connectivity index (χ0n) is 9.16. The van der Waals surface area contributed by atoms with Gasteiger partial charge >= 0.3 is 0 Å². The molecule has 1 unspecified atom stereocenters. The summed E-state index contributed by atoms with van der Waals surface area (Å²) in [5.74, 6) is 1.38. The van der Waals surface area contributed by atoms with Crippen LogP contribution < -0.4 is 5.32 Å². The molecule has 0 aromatic heterocycles. The van der Waals surface area contributed by atoms with Crippen LogP contribution in [0.2, 0.25) is 0 Å². The summed E-state index contributed by atoms with van der Waals surface area (Å²) in [4.78, 5) is 2.48. The minimum Gasteiger partial charge on any atom is -0.369 e. The summed E-state index contributed by atoms with van der Waals surface area (Å²) in [6, 6.07) is 0. The molecule has 0 amide bonds. The van der Waals surface area contributed by atoms with Gasteiger partial charge in [0.2, 0.25) is 0 Å². The van der Waals surface area contributed by atoms with Crippen LogP contribution in [0.5, 0.6) is 0 Å². The predicted octanol–water partition coefficient (Wildman–Crippen LogP) is 1.62. The van der Waals surface area contributed by atoms with Crippen molar-refractivity contribution in [1.29, 1.82) is 0 Å². The molecule has 0 bridgehead atoms. The highest BCUT2D eigenvalue weighted by molar-refractivity contribution is 5.24. The maximum atomic E-state index is 3.38. The molecule has 1 heterocycles. The minimum absolute atomic E-state index is 0.685. The topological polar surface area (TPSA) is 15.3 Å². The molecular weight excluding hydrogens is 172 g/mol. The van der Waals surface area contributed by atoms with Gasteiger partial charge in [-0.25, -0.2) is 0 Å². The van der Waals surface area contributed by atoms with Crippen molar-refractivity contribution >= 4 is 0 Å². The lowest BCUT2D eigenvalue weighted by Crippen LogP contribution is -2.43. The van der Waals surface area contributed by atoms with Crippen LogP contribution in [-0.4, -0.2) is 31.1 Å². The Balaban J connectivity index is 2.03. The zero-order valence-corrected chi connectivity index (χ0v) is 9.16. The molecule has 1 saturated heterocycles. The lowest BCUT2D eigenvalue weighted by Gasteiger charge is -2.33. The monoisotopic (exact) mass is 192 g/mol. The molecule has 1 N–H and O–H groups in total. The SMILES string of the molecule is CC1C=C(N2CCNCC2)C=C[C@@H]1C. The lowest BCUT2D eigenvalue weighted by molar-refractivity contribution is 0.301. The Morgan fingerprint density at radius 2 is 1.93 bits per heavy atom. The van der Waals surface area contributed by atoms with E-state index in [0.29, 0.717) is 11.8 Å². The molecule has 0 spiro atoms. The van der Waals surface area contributed by atoms with E-state index in [0.717, 1.165) is 26.2 Å². The van der Waals surface area contributed by atoms with E-state index in [2.05, 4.69) is 42.3 Å². The summed E-state index contributed by atoms with van der Waals surface area (Å²) in [5.41, 5.74) is 1.43. The van der Waals surface area contributed by atoms with Crippen molar-refractivity contribution in [3.63, 3.8) is 0 Å². The maximum absolute atomic E-state index is 3.38. The first-order chi connectivity index (χ1) is 6.77. The van der Waals surface area contributed by atoms with Crippen LogP contribution in [0.4, 0.5) is 0 Å². The van der Waals surface area contributed by atoms with Crippen LogP contribution in [0, 0.1) is 11.8 Å². The minimum atomic E-state index is 0.685. The summed E-state index contributed by atoms with van der Waals surface area (Å²) in [5, 5.41) is 3.38. The fourth-order valence-corrected chi connectivity index (χ4v) is 2.04. The fourth-order valence-electron chi connectivity index (χ4n) is 2.04. The van der Waals surface area contributed by atoms with Gasteiger partial charge < -0.3 is 10.2 Å². The number of nitrogens with zero attached hydrogens (tertiary/aromatic N) is 1. The maximum Gasteiger partial charge on any atom is 0.0326 e. The smallest absolute Gasteiger partial charge is 0.0326 e. The molecular formula is C12H20N2. The molecule has 1 aliphatic carbocycles. The van der Waals surface area contributed by atoms with Crippen molar-refractivity contribution in [3.05, 3.63) is 23.9 Å². The number of allylic oxidation sites excluding steroid dienone is 3. The average Bonchev–Trinajstić information content (AvgIpc) is 2.23. The Labute approximate surface area is 86.7 Å². The second kappa shape index (κ2) is 4.18. The molecule has 78 valence electrons. The van der Waals surface area contributed by atoms with Gasteiger partial charge in [0.25, 0.3) is 0 Å². The molecule has 14 heavy (non-hydrogen) atoms. The highest BCUT2D eigenvalue weighted by Gasteiger charge is 2.17. The molecule has 1 aliphatic heterocycles. The van der Waals surface area contributed by atoms with Gasteiger partial charge in [-0.15, -0.1) is 0 Å². The number of hydrogen-bond acceptors (Lipinski definition) is 2. The lowest BCUT2D eigenvalue weighted by atomic mass is 9.90. The van der Waals surface area contributed by atoms with Gasteiger partial charge in [0.05, 0.1) is 0 Å². The standard InChI is InChI=1S/C12H20N2/c1-10-3-4-12(9-11(10)2)14-7-5-13-6-8-14/h3-4,9-11,13H,5-8H2,1-2H3/t10-,11?/m0/s1. The zero-order chi connectivity index (χ0) is 9.97. The van der Waals surface area contributed by atoms with Crippen LogP contribution in [0.25, 0.3) is 0 Å². The van der Waals surface area contributed by atoms with Crippen molar-refractivity contribution in [2.24, 2.45) is 11.8 Å². The highest BCUT2D eigenvalue weighted by Crippen LogP contribution is 2.23. The Morgan fingerprint density at radius 1 is 1.21 bits per heavy atom. The molecule has 0 aromatic carbocycles. The molecule has 2 heteroatoms. The van der Waals surface area contributed by atoms with Gasteiger partial charge in [0, 0.05) is 31.9 Å². The molecule has 2 rings (SSSR count). The molecule has 2 aliphatic rings. The first-order valence-corrected chi connectivity index (χ1v) is 5.63. The van der Waals surface area contributed by atoms with Crippen LogP contribution in [0.15, 0.2) is 23.9 Å². The van der Waals surface area contributed by atoms with E-state index in [1.54, 1.807) is 0 Å². The van der Waals surface area contributed by atoms with E-state index >= 15 is 0 Å². The van der Waals surface area contributed by atoms with E-state index in [1.165, 1.54) is 5.70 Å². The number of nitrogens with one attached hydrogen (secondary N) is 1. The largest absolute Gasteiger partial charge is 0.369 e. The quantitative estimate of drug-likeness (QED) is 0.679. The number of piperazine rings is 1. The van der Waals surface area contributed by atoms with E-state index in [4.69, 9.17) is 0 Å². The van der Waals surface area contributed by atoms with Crippen LogP contribution in [0.3, 0.4) is 0 Å². The normalized spacial score (nSPS) is 33.0. The highest BCUT2D eigenvalue weighted by atomic mass is 15.2. The average molecular weight is 192 g/mol. The first kappa shape index (κ1) is 9.78. The van der Waals surface area contributed by atoms with Gasteiger partial charge in [-0.3, -0.25) is 0 Å². The predicted molar refractivity (Wildman–Crippen MR) is 60.0 cm³/mol. The molecule has 0 aromatic rings. The summed E-state index contributed by atoms with van der Waals surface area (Å²) in [7, 11) is 0. The molecule has 2 atom stereocenters. The Hall–Kier alpha value is -0.760.